The third-order valence-electron chi connectivity index (χ3n) is 4.90. The van der Waals surface area contributed by atoms with Crippen molar-refractivity contribution in [2.24, 2.45) is 4.99 Å². The monoisotopic (exact) mass is 384 g/mol. The van der Waals surface area contributed by atoms with Gasteiger partial charge in [-0.3, -0.25) is 0 Å². The summed E-state index contributed by atoms with van der Waals surface area (Å²) in [6.45, 7) is 0.808. The molecule has 0 atom stereocenters. The molecular weight excluding hydrogens is 364 g/mol. The number of hydrogen-bond donors (Lipinski definition) is 1. The van der Waals surface area contributed by atoms with Crippen LogP contribution in [0.25, 0.3) is 26.9 Å². The van der Waals surface area contributed by atoms with E-state index in [2.05, 4.69) is 70.9 Å². The van der Waals surface area contributed by atoms with E-state index >= 15 is 0 Å². The van der Waals surface area contributed by atoms with Gasteiger partial charge in [0.25, 0.3) is 0 Å². The van der Waals surface area contributed by atoms with Gasteiger partial charge < -0.3 is 10.2 Å². The van der Waals surface area contributed by atoms with Crippen molar-refractivity contribution in [1.29, 1.82) is 0 Å². The number of nitrogens with one attached hydrogen (secondary N) is 1. The van der Waals surface area contributed by atoms with E-state index in [9.17, 15) is 0 Å². The number of rotatable bonds is 2. The highest BCUT2D eigenvalue weighted by Gasteiger charge is 2.18. The lowest BCUT2D eigenvalue weighted by atomic mass is 10.0. The normalized spacial score (nSPS) is 13.6. The molecule has 1 N–H and O–H groups in total. The first kappa shape index (κ1) is 17.0. The molecule has 0 radical (unpaired) electrons. The Hall–Kier alpha value is -3.18. The summed E-state index contributed by atoms with van der Waals surface area (Å²) in [6.07, 6.45) is 4.28. The van der Waals surface area contributed by atoms with Gasteiger partial charge in [-0.25, -0.2) is 9.98 Å². The van der Waals surface area contributed by atoms with Gasteiger partial charge in [0.05, 0.1) is 31.8 Å². The molecule has 2 aliphatic heterocycles. The Morgan fingerprint density at radius 3 is 2.71 bits per heavy atom. The lowest BCUT2D eigenvalue weighted by Crippen LogP contribution is -2.17. The van der Waals surface area contributed by atoms with Gasteiger partial charge in [-0.05, 0) is 42.5 Å². The number of aromatic nitrogens is 1. The Morgan fingerprint density at radius 2 is 1.89 bits per heavy atom. The minimum atomic E-state index is 0.808. The molecule has 2 aromatic carbocycles. The van der Waals surface area contributed by atoms with Crippen LogP contribution in [0, 0.1) is 0 Å². The molecule has 5 heteroatoms. The molecule has 28 heavy (non-hydrogen) atoms. The van der Waals surface area contributed by atoms with Crippen LogP contribution in [0.2, 0.25) is 0 Å². The summed E-state index contributed by atoms with van der Waals surface area (Å²) >= 11 is 1.76. The molecule has 0 aromatic heterocycles. The second kappa shape index (κ2) is 6.77. The molecule has 0 fully saturated rings. The number of fused-ring (bicyclic) bond motifs is 4. The highest BCUT2D eigenvalue weighted by Crippen LogP contribution is 2.37. The second-order valence-electron chi connectivity index (χ2n) is 7.02. The largest absolute Gasteiger partial charge is 0.379 e. The maximum absolute atomic E-state index is 4.95. The van der Waals surface area contributed by atoms with Crippen LogP contribution in [0.1, 0.15) is 5.56 Å². The number of hydrogen-bond acceptors (Lipinski definition) is 5. The molecule has 2 heterocycles. The summed E-state index contributed by atoms with van der Waals surface area (Å²) in [6, 6.07) is 18.8. The van der Waals surface area contributed by atoms with Crippen molar-refractivity contribution in [2.45, 2.75) is 0 Å². The Labute approximate surface area is 167 Å². The topological polar surface area (TPSA) is 40.5 Å². The highest BCUT2D eigenvalue weighted by atomic mass is 32.1. The Morgan fingerprint density at radius 1 is 1.07 bits per heavy atom. The zero-order valence-electron chi connectivity index (χ0n) is 15.8. The molecule has 138 valence electrons. The van der Waals surface area contributed by atoms with Gasteiger partial charge in [-0.1, -0.05) is 24.3 Å². The standard InChI is InChI=1S/C23H20N4S/c1-27(2)16-11-9-15(10-12-16)25-19-14-21-23(22-17(19)6-5-13-24-22)26-18-7-3-4-8-20(18)28-21/h3-12,14,24H,13H2,1-2H3. The third kappa shape index (κ3) is 2.94. The summed E-state index contributed by atoms with van der Waals surface area (Å²) < 4.78 is 1.18. The maximum atomic E-state index is 4.95. The summed E-state index contributed by atoms with van der Waals surface area (Å²) in [7, 11) is 4.09. The van der Waals surface area contributed by atoms with Crippen LogP contribution in [-0.2, 0) is 0 Å². The summed E-state index contributed by atoms with van der Waals surface area (Å²) in [5, 5.41) is 4.48. The highest BCUT2D eigenvalue weighted by molar-refractivity contribution is 7.21. The smallest absolute Gasteiger partial charge is 0.105 e. The third-order valence-corrected chi connectivity index (χ3v) is 5.99. The van der Waals surface area contributed by atoms with Gasteiger partial charge in [0.2, 0.25) is 0 Å². The van der Waals surface area contributed by atoms with Crippen LogP contribution in [-0.4, -0.2) is 25.6 Å². The van der Waals surface area contributed by atoms with Crippen molar-refractivity contribution < 1.29 is 0 Å². The lowest BCUT2D eigenvalue weighted by molar-refractivity contribution is 1.13. The zero-order chi connectivity index (χ0) is 19.1. The predicted octanol–water partition coefficient (Wildman–Crippen LogP) is 5.14. The van der Waals surface area contributed by atoms with E-state index in [0.29, 0.717) is 0 Å². The van der Waals surface area contributed by atoms with Crippen molar-refractivity contribution in [3.8, 4) is 10.6 Å². The number of nitrogens with zero attached hydrogens (tertiary/aromatic N) is 3. The minimum absolute atomic E-state index is 0.808. The van der Waals surface area contributed by atoms with E-state index in [-0.39, 0.29) is 0 Å². The molecule has 0 unspecified atom stereocenters. The fourth-order valence-corrected chi connectivity index (χ4v) is 4.47. The van der Waals surface area contributed by atoms with Crippen molar-refractivity contribution in [3.63, 3.8) is 0 Å². The van der Waals surface area contributed by atoms with Crippen LogP contribution >= 0.6 is 11.3 Å². The molecule has 1 aliphatic carbocycles. The van der Waals surface area contributed by atoms with Gasteiger partial charge >= 0.3 is 0 Å². The van der Waals surface area contributed by atoms with Gasteiger partial charge in [-0.15, -0.1) is 11.3 Å². The number of benzene rings is 3. The predicted molar refractivity (Wildman–Crippen MR) is 120 cm³/mol. The minimum Gasteiger partial charge on any atom is -0.379 e. The van der Waals surface area contributed by atoms with E-state index in [4.69, 9.17) is 9.98 Å². The van der Waals surface area contributed by atoms with Gasteiger partial charge in [0, 0.05) is 31.9 Å². The van der Waals surface area contributed by atoms with Crippen molar-refractivity contribution in [3.05, 3.63) is 71.6 Å². The molecule has 0 amide bonds. The van der Waals surface area contributed by atoms with Gasteiger partial charge in [-0.2, -0.15) is 0 Å². The molecule has 0 spiro atoms. The average Bonchev–Trinajstić information content (AvgIpc) is 2.73. The first-order valence-corrected chi connectivity index (χ1v) is 10.1. The Balaban J connectivity index is 1.75. The van der Waals surface area contributed by atoms with Crippen molar-refractivity contribution >= 4 is 44.7 Å². The first-order chi connectivity index (χ1) is 13.7. The van der Waals surface area contributed by atoms with E-state index in [1.807, 2.05) is 20.2 Å². The number of para-hydroxylation sites is 1. The van der Waals surface area contributed by atoms with Crippen LogP contribution in [0.5, 0.6) is 0 Å². The second-order valence-corrected chi connectivity index (χ2v) is 8.10. The van der Waals surface area contributed by atoms with E-state index in [0.717, 1.165) is 44.9 Å². The van der Waals surface area contributed by atoms with Gasteiger partial charge in [0.15, 0.2) is 0 Å². The van der Waals surface area contributed by atoms with Crippen LogP contribution in [0.15, 0.2) is 65.7 Å². The lowest BCUT2D eigenvalue weighted by Gasteiger charge is -2.19. The van der Waals surface area contributed by atoms with Crippen LogP contribution in [0.4, 0.5) is 17.1 Å². The molecule has 2 aromatic rings. The summed E-state index contributed by atoms with van der Waals surface area (Å²) in [4.78, 5) is 13.1. The van der Waals surface area contributed by atoms with Crippen LogP contribution < -0.4 is 15.6 Å². The van der Waals surface area contributed by atoms with Crippen molar-refractivity contribution in [1.82, 2.24) is 4.98 Å². The summed E-state index contributed by atoms with van der Waals surface area (Å²) in [5.41, 5.74) is 6.34. The molecule has 5 rings (SSSR count). The first-order valence-electron chi connectivity index (χ1n) is 9.28. The molecule has 0 bridgehead atoms. The van der Waals surface area contributed by atoms with Crippen molar-refractivity contribution in [2.75, 3.05) is 30.9 Å². The van der Waals surface area contributed by atoms with Gasteiger partial charge in [0.1, 0.15) is 5.69 Å². The number of anilines is 2. The van der Waals surface area contributed by atoms with E-state index in [1.165, 1.54) is 10.4 Å². The SMILES string of the molecule is CN(C)c1ccc(N=c2cc3sc4ccccc4nc-3c3c2C=CCN3)cc1. The Bertz CT molecular complexity index is 1240. The molecule has 0 saturated carbocycles. The van der Waals surface area contributed by atoms with E-state index in [1.54, 1.807) is 11.3 Å². The molecular formula is C23H20N4S. The maximum Gasteiger partial charge on any atom is 0.105 e. The fraction of sp³-hybridized carbons (Fsp3) is 0.130. The fourth-order valence-electron chi connectivity index (χ4n) is 3.45. The Kier molecular flexibility index (Phi) is 4.10. The molecule has 0 saturated heterocycles. The zero-order valence-corrected chi connectivity index (χ0v) is 16.6. The quantitative estimate of drug-likeness (QED) is 0.487. The molecule has 4 nitrogen and oxygen atoms in total. The van der Waals surface area contributed by atoms with E-state index < -0.39 is 0 Å². The summed E-state index contributed by atoms with van der Waals surface area (Å²) in [5.74, 6) is 0. The molecule has 3 aliphatic rings. The average molecular weight is 385 g/mol. The van der Waals surface area contributed by atoms with Crippen LogP contribution in [0.3, 0.4) is 0 Å².